The molecule has 0 atom stereocenters. The van der Waals surface area contributed by atoms with Crippen molar-refractivity contribution in [2.24, 2.45) is 0 Å². The van der Waals surface area contributed by atoms with E-state index in [1.807, 2.05) is 19.1 Å². The monoisotopic (exact) mass is 277 g/mol. The molecule has 5 nitrogen and oxygen atoms in total. The predicted molar refractivity (Wildman–Crippen MR) is 70.0 cm³/mol. The molecular formula is C13H12ClN3O2. The fourth-order valence-electron chi connectivity index (χ4n) is 2.17. The normalized spacial score (nSPS) is 14.6. The van der Waals surface area contributed by atoms with Gasteiger partial charge < -0.3 is 5.11 Å². The summed E-state index contributed by atoms with van der Waals surface area (Å²) in [7, 11) is 0. The summed E-state index contributed by atoms with van der Waals surface area (Å²) in [6, 6.07) is 5.49. The number of carboxylic acids is 1. The number of carboxylic acid groups (broad SMARTS) is 1. The topological polar surface area (TPSA) is 68.0 Å². The van der Waals surface area contributed by atoms with Crippen molar-refractivity contribution in [3.63, 3.8) is 0 Å². The van der Waals surface area contributed by atoms with Crippen molar-refractivity contribution in [3.8, 4) is 5.69 Å². The molecule has 98 valence electrons. The molecule has 0 saturated heterocycles. The molecular weight excluding hydrogens is 266 g/mol. The Hall–Kier alpha value is -1.88. The van der Waals surface area contributed by atoms with Crippen LogP contribution in [0, 0.1) is 6.92 Å². The zero-order valence-electron chi connectivity index (χ0n) is 10.3. The molecule has 0 spiro atoms. The van der Waals surface area contributed by atoms with E-state index in [-0.39, 0.29) is 11.6 Å². The van der Waals surface area contributed by atoms with Gasteiger partial charge in [0, 0.05) is 10.9 Å². The average Bonchev–Trinajstić information content (AvgIpc) is 3.11. The van der Waals surface area contributed by atoms with Crippen molar-refractivity contribution in [3.05, 3.63) is 40.2 Å². The minimum Gasteiger partial charge on any atom is -0.476 e. The lowest BCUT2D eigenvalue weighted by Crippen LogP contribution is -2.07. The van der Waals surface area contributed by atoms with Gasteiger partial charge >= 0.3 is 5.97 Å². The summed E-state index contributed by atoms with van der Waals surface area (Å²) in [5.74, 6) is -0.799. The van der Waals surface area contributed by atoms with Gasteiger partial charge in [-0.15, -0.1) is 5.10 Å². The van der Waals surface area contributed by atoms with E-state index in [4.69, 9.17) is 11.6 Å². The van der Waals surface area contributed by atoms with Gasteiger partial charge in [-0.05, 0) is 37.5 Å². The smallest absolute Gasteiger partial charge is 0.358 e. The fourth-order valence-corrected chi connectivity index (χ4v) is 2.34. The number of aromatic carboxylic acids is 1. The van der Waals surface area contributed by atoms with Crippen LogP contribution in [-0.2, 0) is 0 Å². The lowest BCUT2D eigenvalue weighted by atomic mass is 10.1. The Kier molecular flexibility index (Phi) is 2.78. The Bertz CT molecular complexity index is 662. The predicted octanol–water partition coefficient (Wildman–Crippen LogP) is 2.80. The maximum absolute atomic E-state index is 11.2. The quantitative estimate of drug-likeness (QED) is 0.937. The average molecular weight is 278 g/mol. The maximum atomic E-state index is 11.2. The summed E-state index contributed by atoms with van der Waals surface area (Å²) in [4.78, 5) is 11.2. The summed E-state index contributed by atoms with van der Waals surface area (Å²) in [5.41, 5.74) is 2.38. The minimum absolute atomic E-state index is 0.0434. The maximum Gasteiger partial charge on any atom is 0.358 e. The Morgan fingerprint density at radius 3 is 2.84 bits per heavy atom. The molecule has 1 N–H and O–H groups in total. The molecule has 3 rings (SSSR count). The van der Waals surface area contributed by atoms with Crippen LogP contribution in [0.4, 0.5) is 0 Å². The lowest BCUT2D eigenvalue weighted by molar-refractivity contribution is 0.0689. The molecule has 1 aromatic carbocycles. The molecule has 0 bridgehead atoms. The van der Waals surface area contributed by atoms with Crippen LogP contribution in [0.3, 0.4) is 0 Å². The first kappa shape index (κ1) is 12.2. The van der Waals surface area contributed by atoms with Crippen molar-refractivity contribution in [2.75, 3.05) is 0 Å². The molecule has 1 saturated carbocycles. The first-order chi connectivity index (χ1) is 9.09. The van der Waals surface area contributed by atoms with Gasteiger partial charge in [-0.25, -0.2) is 9.48 Å². The van der Waals surface area contributed by atoms with Gasteiger partial charge in [0.05, 0.1) is 11.4 Å². The fraction of sp³-hybridized carbons (Fsp3) is 0.308. The van der Waals surface area contributed by atoms with E-state index >= 15 is 0 Å². The zero-order valence-corrected chi connectivity index (χ0v) is 11.1. The van der Waals surface area contributed by atoms with Crippen LogP contribution in [0.25, 0.3) is 5.69 Å². The van der Waals surface area contributed by atoms with Crippen molar-refractivity contribution in [1.29, 1.82) is 0 Å². The molecule has 0 radical (unpaired) electrons. The van der Waals surface area contributed by atoms with Crippen LogP contribution in [0.2, 0.25) is 5.02 Å². The second-order valence-corrected chi connectivity index (χ2v) is 5.11. The van der Waals surface area contributed by atoms with E-state index in [0.717, 1.165) is 24.1 Å². The van der Waals surface area contributed by atoms with E-state index < -0.39 is 5.97 Å². The third-order valence-electron chi connectivity index (χ3n) is 3.34. The van der Waals surface area contributed by atoms with Crippen LogP contribution in [0.1, 0.15) is 40.5 Å². The molecule has 2 aromatic rings. The molecule has 1 aliphatic rings. The number of halogens is 1. The van der Waals surface area contributed by atoms with Gasteiger partial charge in [-0.2, -0.15) is 0 Å². The Balaban J connectivity index is 2.20. The van der Waals surface area contributed by atoms with Gasteiger partial charge in [0.25, 0.3) is 0 Å². The van der Waals surface area contributed by atoms with Gasteiger partial charge in [-0.3, -0.25) is 0 Å². The molecule has 1 fully saturated rings. The number of benzene rings is 1. The van der Waals surface area contributed by atoms with Gasteiger partial charge in [-0.1, -0.05) is 22.9 Å². The summed E-state index contributed by atoms with van der Waals surface area (Å²) < 4.78 is 1.61. The molecule has 1 heterocycles. The largest absolute Gasteiger partial charge is 0.476 e. The van der Waals surface area contributed by atoms with E-state index in [0.29, 0.717) is 10.7 Å². The molecule has 0 amide bonds. The van der Waals surface area contributed by atoms with E-state index in [9.17, 15) is 9.90 Å². The number of aromatic nitrogens is 3. The Morgan fingerprint density at radius 1 is 1.47 bits per heavy atom. The molecule has 0 aliphatic heterocycles. The van der Waals surface area contributed by atoms with Crippen LogP contribution in [0.15, 0.2) is 18.2 Å². The minimum atomic E-state index is -1.03. The highest BCUT2D eigenvalue weighted by molar-refractivity contribution is 6.31. The second kappa shape index (κ2) is 4.35. The molecule has 6 heteroatoms. The first-order valence-corrected chi connectivity index (χ1v) is 6.41. The summed E-state index contributed by atoms with van der Waals surface area (Å²) >= 11 is 6.10. The summed E-state index contributed by atoms with van der Waals surface area (Å²) in [6.07, 6.45) is 1.96. The van der Waals surface area contributed by atoms with Crippen LogP contribution >= 0.6 is 11.6 Å². The molecule has 0 unspecified atom stereocenters. The van der Waals surface area contributed by atoms with Crippen LogP contribution in [-0.4, -0.2) is 26.1 Å². The van der Waals surface area contributed by atoms with Crippen LogP contribution in [0.5, 0.6) is 0 Å². The highest BCUT2D eigenvalue weighted by Crippen LogP contribution is 2.42. The van der Waals surface area contributed by atoms with Crippen molar-refractivity contribution >= 4 is 17.6 Å². The number of hydrogen-bond donors (Lipinski definition) is 1. The molecule has 19 heavy (non-hydrogen) atoms. The summed E-state index contributed by atoms with van der Waals surface area (Å²) in [6.45, 7) is 1.89. The summed E-state index contributed by atoms with van der Waals surface area (Å²) in [5, 5.41) is 17.6. The highest BCUT2D eigenvalue weighted by atomic mass is 35.5. The van der Waals surface area contributed by atoms with Crippen molar-refractivity contribution in [1.82, 2.24) is 15.0 Å². The van der Waals surface area contributed by atoms with Gasteiger partial charge in [0.15, 0.2) is 5.69 Å². The van der Waals surface area contributed by atoms with Gasteiger partial charge in [0.1, 0.15) is 0 Å². The van der Waals surface area contributed by atoms with E-state index in [2.05, 4.69) is 10.3 Å². The van der Waals surface area contributed by atoms with Crippen molar-refractivity contribution in [2.45, 2.75) is 25.7 Å². The zero-order chi connectivity index (χ0) is 13.6. The van der Waals surface area contributed by atoms with E-state index in [1.54, 1.807) is 10.7 Å². The number of nitrogens with zero attached hydrogens (tertiary/aromatic N) is 3. The number of carbonyl (C=O) groups is 1. The van der Waals surface area contributed by atoms with Crippen LogP contribution < -0.4 is 0 Å². The Labute approximate surface area is 114 Å². The SMILES string of the molecule is Cc1c(Cl)cccc1-n1nnc(C(=O)O)c1C1CC1. The third-order valence-corrected chi connectivity index (χ3v) is 3.75. The molecule has 1 aliphatic carbocycles. The standard InChI is InChI=1S/C13H12ClN3O2/c1-7-9(14)3-2-4-10(7)17-12(8-5-6-8)11(13(18)19)15-16-17/h2-4,8H,5-6H2,1H3,(H,18,19). The highest BCUT2D eigenvalue weighted by Gasteiger charge is 2.34. The number of hydrogen-bond acceptors (Lipinski definition) is 3. The molecule has 1 aromatic heterocycles. The third kappa shape index (κ3) is 2.00. The van der Waals surface area contributed by atoms with E-state index in [1.165, 1.54) is 0 Å². The first-order valence-electron chi connectivity index (χ1n) is 6.04. The second-order valence-electron chi connectivity index (χ2n) is 4.70. The van der Waals surface area contributed by atoms with Crippen molar-refractivity contribution < 1.29 is 9.90 Å². The number of rotatable bonds is 3. The Morgan fingerprint density at radius 2 is 2.21 bits per heavy atom. The van der Waals surface area contributed by atoms with Gasteiger partial charge in [0.2, 0.25) is 0 Å². The lowest BCUT2D eigenvalue weighted by Gasteiger charge is -2.10.